The average molecular weight is 459 g/mol. The average Bonchev–Trinajstić information content (AvgIpc) is 2.80. The van der Waals surface area contributed by atoms with Crippen LogP contribution in [0.4, 0.5) is 10.1 Å². The van der Waals surface area contributed by atoms with Gasteiger partial charge in [0.2, 0.25) is 0 Å². The van der Waals surface area contributed by atoms with E-state index in [0.29, 0.717) is 16.8 Å². The van der Waals surface area contributed by atoms with E-state index in [2.05, 4.69) is 19.2 Å². The number of methoxy groups -OCH3 is 1. The van der Waals surface area contributed by atoms with Crippen LogP contribution in [0.25, 0.3) is 0 Å². The van der Waals surface area contributed by atoms with Crippen LogP contribution in [0.3, 0.4) is 0 Å². The number of carbonyl (C=O) groups excluding carboxylic acids is 2. The van der Waals surface area contributed by atoms with Gasteiger partial charge in [0.1, 0.15) is 11.6 Å². The topological polar surface area (TPSA) is 67.8 Å². The van der Waals surface area contributed by atoms with E-state index in [-0.39, 0.29) is 23.3 Å². The van der Waals surface area contributed by atoms with Gasteiger partial charge in [-0.15, -0.1) is 0 Å². The fraction of sp³-hybridized carbons (Fsp3) is 0.250. The monoisotopic (exact) mass is 458 g/mol. The Bertz CT molecular complexity index is 1290. The number of amides is 1. The SMILES string of the molecule is COc1ccc2c(c1)C(CC(=O)c1ccc(NC(=O)c3cc(F)ccc3C)cc1)=NC(C)(C)C2. The first-order valence-corrected chi connectivity index (χ1v) is 11.1. The molecule has 0 spiro atoms. The van der Waals surface area contributed by atoms with E-state index in [9.17, 15) is 14.0 Å². The van der Waals surface area contributed by atoms with Crippen molar-refractivity contribution in [3.05, 3.63) is 94.3 Å². The number of carbonyl (C=O) groups is 2. The summed E-state index contributed by atoms with van der Waals surface area (Å²) < 4.78 is 18.9. The van der Waals surface area contributed by atoms with Crippen LogP contribution >= 0.6 is 0 Å². The predicted octanol–water partition coefficient (Wildman–Crippen LogP) is 5.79. The Morgan fingerprint density at radius 2 is 1.79 bits per heavy atom. The second kappa shape index (κ2) is 9.21. The maximum atomic E-state index is 13.5. The molecule has 1 amide bonds. The van der Waals surface area contributed by atoms with Gasteiger partial charge in [0.25, 0.3) is 5.91 Å². The molecule has 0 unspecified atom stereocenters. The number of hydrogen-bond donors (Lipinski definition) is 1. The molecule has 0 saturated carbocycles. The third-order valence-corrected chi connectivity index (χ3v) is 5.93. The second-order valence-corrected chi connectivity index (χ2v) is 9.16. The van der Waals surface area contributed by atoms with E-state index in [1.54, 1.807) is 44.4 Å². The molecule has 5 nitrogen and oxygen atoms in total. The van der Waals surface area contributed by atoms with E-state index >= 15 is 0 Å². The van der Waals surface area contributed by atoms with Crippen LogP contribution in [0.1, 0.15) is 57.7 Å². The molecule has 0 aromatic heterocycles. The number of halogens is 1. The van der Waals surface area contributed by atoms with Crippen LogP contribution in [-0.4, -0.2) is 30.1 Å². The third-order valence-electron chi connectivity index (χ3n) is 5.93. The maximum Gasteiger partial charge on any atom is 0.256 e. The molecule has 174 valence electrons. The van der Waals surface area contributed by atoms with Gasteiger partial charge in [-0.05, 0) is 86.8 Å². The Morgan fingerprint density at radius 1 is 1.06 bits per heavy atom. The first kappa shape index (κ1) is 23.4. The Balaban J connectivity index is 1.50. The van der Waals surface area contributed by atoms with Gasteiger partial charge in [-0.1, -0.05) is 12.1 Å². The Labute approximate surface area is 198 Å². The smallest absolute Gasteiger partial charge is 0.256 e. The lowest BCUT2D eigenvalue weighted by Crippen LogP contribution is -2.30. The van der Waals surface area contributed by atoms with Gasteiger partial charge < -0.3 is 10.1 Å². The lowest BCUT2D eigenvalue weighted by molar-refractivity contribution is 0.0998. The van der Waals surface area contributed by atoms with Crippen molar-refractivity contribution in [2.75, 3.05) is 12.4 Å². The molecule has 1 heterocycles. The van der Waals surface area contributed by atoms with Gasteiger partial charge in [0, 0.05) is 22.4 Å². The molecule has 3 aromatic carbocycles. The number of ether oxygens (including phenoxy) is 1. The minimum Gasteiger partial charge on any atom is -0.497 e. The molecule has 0 radical (unpaired) electrons. The van der Waals surface area contributed by atoms with Gasteiger partial charge in [0.15, 0.2) is 5.78 Å². The fourth-order valence-corrected chi connectivity index (χ4v) is 4.20. The third kappa shape index (κ3) is 5.06. The van der Waals surface area contributed by atoms with Gasteiger partial charge >= 0.3 is 0 Å². The summed E-state index contributed by atoms with van der Waals surface area (Å²) in [6.07, 6.45) is 0.959. The van der Waals surface area contributed by atoms with Gasteiger partial charge in [-0.25, -0.2) is 4.39 Å². The lowest BCUT2D eigenvalue weighted by atomic mass is 9.85. The first-order valence-electron chi connectivity index (χ1n) is 11.1. The number of hydrogen-bond acceptors (Lipinski definition) is 4. The van der Waals surface area contributed by atoms with Crippen molar-refractivity contribution in [3.8, 4) is 5.75 Å². The first-order chi connectivity index (χ1) is 16.1. The number of aryl methyl sites for hydroxylation is 1. The normalized spacial score (nSPS) is 14.1. The Kier molecular flexibility index (Phi) is 6.33. The second-order valence-electron chi connectivity index (χ2n) is 9.16. The number of aliphatic imine (C=N–C) groups is 1. The van der Waals surface area contributed by atoms with Crippen molar-refractivity contribution < 1.29 is 18.7 Å². The van der Waals surface area contributed by atoms with Crippen LogP contribution in [0.2, 0.25) is 0 Å². The highest BCUT2D eigenvalue weighted by Crippen LogP contribution is 2.31. The van der Waals surface area contributed by atoms with E-state index in [1.165, 1.54) is 12.1 Å². The molecular formula is C28H27FN2O3. The molecule has 1 aliphatic rings. The number of rotatable bonds is 6. The number of anilines is 1. The van der Waals surface area contributed by atoms with Gasteiger partial charge in [0.05, 0.1) is 24.8 Å². The summed E-state index contributed by atoms with van der Waals surface area (Å²) in [5, 5.41) is 2.76. The number of nitrogens with zero attached hydrogens (tertiary/aromatic N) is 1. The number of ketones is 1. The van der Waals surface area contributed by atoms with Crippen molar-refractivity contribution in [1.29, 1.82) is 0 Å². The molecule has 0 saturated heterocycles. The van der Waals surface area contributed by atoms with Gasteiger partial charge in [-0.2, -0.15) is 0 Å². The van der Waals surface area contributed by atoms with Crippen molar-refractivity contribution in [3.63, 3.8) is 0 Å². The van der Waals surface area contributed by atoms with Crippen LogP contribution < -0.4 is 10.1 Å². The molecule has 6 heteroatoms. The summed E-state index contributed by atoms with van der Waals surface area (Å²) in [6, 6.07) is 16.7. The molecule has 1 N–H and O–H groups in total. The maximum absolute atomic E-state index is 13.5. The standard InChI is InChI=1S/C28H27FN2O3/c1-17-5-9-20(29)13-23(17)27(33)30-21-10-6-18(7-11-21)26(32)15-25-24-14-22(34-4)12-8-19(24)16-28(2,3)31-25/h5-14H,15-16H2,1-4H3,(H,30,33). The summed E-state index contributed by atoms with van der Waals surface area (Å²) in [4.78, 5) is 30.5. The summed E-state index contributed by atoms with van der Waals surface area (Å²) >= 11 is 0. The van der Waals surface area contributed by atoms with E-state index in [1.807, 2.05) is 18.2 Å². The lowest BCUT2D eigenvalue weighted by Gasteiger charge is -2.29. The molecule has 0 bridgehead atoms. The van der Waals surface area contributed by atoms with E-state index in [4.69, 9.17) is 9.73 Å². The number of nitrogens with one attached hydrogen (secondary N) is 1. The zero-order chi connectivity index (χ0) is 24.5. The quantitative estimate of drug-likeness (QED) is 0.475. The molecule has 0 aliphatic carbocycles. The highest BCUT2D eigenvalue weighted by atomic mass is 19.1. The molecule has 0 fully saturated rings. The summed E-state index contributed by atoms with van der Waals surface area (Å²) in [7, 11) is 1.62. The Morgan fingerprint density at radius 3 is 2.50 bits per heavy atom. The van der Waals surface area contributed by atoms with Crippen molar-refractivity contribution in [2.24, 2.45) is 4.99 Å². The fourth-order valence-electron chi connectivity index (χ4n) is 4.20. The molecular weight excluding hydrogens is 431 g/mol. The van der Waals surface area contributed by atoms with E-state index < -0.39 is 11.7 Å². The van der Waals surface area contributed by atoms with Crippen molar-refractivity contribution in [1.82, 2.24) is 0 Å². The molecule has 4 rings (SSSR count). The minimum absolute atomic E-state index is 0.0657. The summed E-state index contributed by atoms with van der Waals surface area (Å²) in [5.41, 5.74) is 4.54. The molecule has 1 aliphatic heterocycles. The van der Waals surface area contributed by atoms with Crippen molar-refractivity contribution in [2.45, 2.75) is 39.2 Å². The van der Waals surface area contributed by atoms with Crippen LogP contribution in [0, 0.1) is 12.7 Å². The van der Waals surface area contributed by atoms with Gasteiger partial charge in [-0.3, -0.25) is 14.6 Å². The highest BCUT2D eigenvalue weighted by Gasteiger charge is 2.28. The minimum atomic E-state index is -0.468. The number of fused-ring (bicyclic) bond motifs is 1. The highest BCUT2D eigenvalue weighted by molar-refractivity contribution is 6.17. The number of benzene rings is 3. The van der Waals surface area contributed by atoms with E-state index in [0.717, 1.165) is 29.0 Å². The Hall–Kier alpha value is -3.80. The number of Topliss-reactive ketones (excluding diaryl/α,β-unsaturated/α-hetero) is 1. The van der Waals surface area contributed by atoms with Crippen LogP contribution in [0.5, 0.6) is 5.75 Å². The zero-order valence-corrected chi connectivity index (χ0v) is 19.7. The summed E-state index contributed by atoms with van der Waals surface area (Å²) in [5.74, 6) is -0.207. The summed E-state index contributed by atoms with van der Waals surface area (Å²) in [6.45, 7) is 5.87. The largest absolute Gasteiger partial charge is 0.497 e. The molecule has 0 atom stereocenters. The molecule has 34 heavy (non-hydrogen) atoms. The molecule has 3 aromatic rings. The van der Waals surface area contributed by atoms with Crippen LogP contribution in [0.15, 0.2) is 65.7 Å². The zero-order valence-electron chi connectivity index (χ0n) is 19.7. The van der Waals surface area contributed by atoms with Crippen LogP contribution in [-0.2, 0) is 6.42 Å². The predicted molar refractivity (Wildman–Crippen MR) is 132 cm³/mol. The van der Waals surface area contributed by atoms with Crippen molar-refractivity contribution >= 4 is 23.1 Å².